The molecule has 0 heterocycles. The van der Waals surface area contributed by atoms with Crippen molar-refractivity contribution in [2.45, 2.75) is 30.7 Å². The molecule has 0 atom stereocenters. The van der Waals surface area contributed by atoms with E-state index in [9.17, 15) is 17.6 Å². The minimum atomic E-state index is -4.04. The zero-order valence-corrected chi connectivity index (χ0v) is 10.6. The molecule has 1 aliphatic carbocycles. The van der Waals surface area contributed by atoms with Crippen molar-refractivity contribution in [1.82, 2.24) is 5.32 Å². The average molecular weight is 272 g/mol. The SMILES string of the molecule is Cc1c(C(=O)NC2CC2)cc(F)cc1S(N)(=O)=O. The maximum atomic E-state index is 13.4. The van der Waals surface area contributed by atoms with Crippen LogP contribution in [0.4, 0.5) is 4.39 Å². The minimum absolute atomic E-state index is 0.00549. The quantitative estimate of drug-likeness (QED) is 0.847. The summed E-state index contributed by atoms with van der Waals surface area (Å²) in [7, 11) is -4.04. The predicted molar refractivity (Wildman–Crippen MR) is 63.0 cm³/mol. The van der Waals surface area contributed by atoms with Gasteiger partial charge in [-0.3, -0.25) is 4.79 Å². The first-order valence-corrected chi connectivity index (χ1v) is 6.97. The van der Waals surface area contributed by atoms with E-state index in [1.165, 1.54) is 6.92 Å². The molecule has 1 saturated carbocycles. The molecule has 1 fully saturated rings. The van der Waals surface area contributed by atoms with Crippen molar-refractivity contribution < 1.29 is 17.6 Å². The molecule has 0 saturated heterocycles. The number of carbonyl (C=O) groups excluding carboxylic acids is 1. The van der Waals surface area contributed by atoms with Crippen molar-refractivity contribution in [3.63, 3.8) is 0 Å². The zero-order valence-electron chi connectivity index (χ0n) is 9.73. The molecule has 0 aliphatic heterocycles. The Morgan fingerprint density at radius 3 is 2.56 bits per heavy atom. The number of primary sulfonamides is 1. The molecule has 7 heteroatoms. The first kappa shape index (κ1) is 13.0. The zero-order chi connectivity index (χ0) is 13.5. The van der Waals surface area contributed by atoms with Crippen LogP contribution in [-0.2, 0) is 10.0 Å². The van der Waals surface area contributed by atoms with E-state index in [2.05, 4.69) is 5.32 Å². The largest absolute Gasteiger partial charge is 0.349 e. The number of nitrogens with one attached hydrogen (secondary N) is 1. The molecule has 98 valence electrons. The highest BCUT2D eigenvalue weighted by atomic mass is 32.2. The second kappa shape index (κ2) is 4.33. The van der Waals surface area contributed by atoms with Crippen molar-refractivity contribution in [3.05, 3.63) is 29.1 Å². The summed E-state index contributed by atoms with van der Waals surface area (Å²) >= 11 is 0. The predicted octanol–water partition coefficient (Wildman–Crippen LogP) is 0.674. The number of halogens is 1. The number of carbonyl (C=O) groups is 1. The summed E-state index contributed by atoms with van der Waals surface area (Å²) in [5.74, 6) is -1.27. The molecular weight excluding hydrogens is 259 g/mol. The molecule has 0 bridgehead atoms. The third-order valence-electron chi connectivity index (χ3n) is 2.79. The maximum absolute atomic E-state index is 13.4. The summed E-state index contributed by atoms with van der Waals surface area (Å²) in [6, 6.07) is 1.94. The van der Waals surface area contributed by atoms with Crippen LogP contribution in [0.15, 0.2) is 17.0 Å². The Balaban J connectivity index is 2.47. The summed E-state index contributed by atoms with van der Waals surface area (Å²) in [4.78, 5) is 11.5. The smallest absolute Gasteiger partial charge is 0.251 e. The number of hydrogen-bond donors (Lipinski definition) is 2. The van der Waals surface area contributed by atoms with Crippen LogP contribution in [0.2, 0.25) is 0 Å². The highest BCUT2D eigenvalue weighted by molar-refractivity contribution is 7.89. The summed E-state index contributed by atoms with van der Waals surface area (Å²) in [6.45, 7) is 1.43. The van der Waals surface area contributed by atoms with Crippen molar-refractivity contribution >= 4 is 15.9 Å². The van der Waals surface area contributed by atoms with Gasteiger partial charge in [-0.25, -0.2) is 17.9 Å². The topological polar surface area (TPSA) is 89.3 Å². The second-order valence-electron chi connectivity index (χ2n) is 4.37. The number of rotatable bonds is 3. The van der Waals surface area contributed by atoms with Gasteiger partial charge in [0.05, 0.1) is 4.90 Å². The molecule has 1 amide bonds. The highest BCUT2D eigenvalue weighted by Gasteiger charge is 2.26. The van der Waals surface area contributed by atoms with Crippen LogP contribution in [0.3, 0.4) is 0 Å². The molecule has 0 aromatic heterocycles. The number of benzene rings is 1. The van der Waals surface area contributed by atoms with E-state index < -0.39 is 21.7 Å². The number of hydrogen-bond acceptors (Lipinski definition) is 3. The lowest BCUT2D eigenvalue weighted by Gasteiger charge is -2.10. The molecule has 1 aliphatic rings. The number of nitrogens with two attached hydrogens (primary N) is 1. The number of amides is 1. The lowest BCUT2D eigenvalue weighted by Crippen LogP contribution is -2.27. The van der Waals surface area contributed by atoms with Gasteiger partial charge in [-0.1, -0.05) is 0 Å². The molecule has 3 N–H and O–H groups in total. The Morgan fingerprint density at radius 2 is 2.06 bits per heavy atom. The van der Waals surface area contributed by atoms with Crippen LogP contribution in [0.1, 0.15) is 28.8 Å². The summed E-state index contributed by atoms with van der Waals surface area (Å²) in [5.41, 5.74) is 0.169. The van der Waals surface area contributed by atoms with E-state index >= 15 is 0 Å². The van der Waals surface area contributed by atoms with E-state index in [4.69, 9.17) is 5.14 Å². The molecule has 0 spiro atoms. The Labute approximate surface area is 104 Å². The fraction of sp³-hybridized carbons (Fsp3) is 0.364. The molecule has 0 radical (unpaired) electrons. The minimum Gasteiger partial charge on any atom is -0.349 e. The average Bonchev–Trinajstić information content (AvgIpc) is 3.03. The van der Waals surface area contributed by atoms with E-state index in [0.717, 1.165) is 25.0 Å². The fourth-order valence-corrected chi connectivity index (χ4v) is 2.49. The van der Waals surface area contributed by atoms with Gasteiger partial charge in [0.25, 0.3) is 5.91 Å². The van der Waals surface area contributed by atoms with Crippen molar-refractivity contribution in [1.29, 1.82) is 0 Å². The monoisotopic (exact) mass is 272 g/mol. The molecule has 1 aromatic carbocycles. The van der Waals surface area contributed by atoms with E-state index in [1.807, 2.05) is 0 Å². The first-order chi connectivity index (χ1) is 8.29. The van der Waals surface area contributed by atoms with Gasteiger partial charge >= 0.3 is 0 Å². The third-order valence-corrected chi connectivity index (χ3v) is 3.83. The van der Waals surface area contributed by atoms with Gasteiger partial charge in [0.15, 0.2) is 0 Å². The highest BCUT2D eigenvalue weighted by Crippen LogP contribution is 2.23. The van der Waals surface area contributed by atoms with Gasteiger partial charge < -0.3 is 5.32 Å². The summed E-state index contributed by atoms with van der Waals surface area (Å²) < 4.78 is 35.9. The Bertz CT molecular complexity index is 609. The van der Waals surface area contributed by atoms with Gasteiger partial charge in [0.2, 0.25) is 10.0 Å². The Hall–Kier alpha value is -1.47. The van der Waals surface area contributed by atoms with Crippen molar-refractivity contribution in [2.75, 3.05) is 0 Å². The van der Waals surface area contributed by atoms with Gasteiger partial charge in [-0.2, -0.15) is 0 Å². The van der Waals surface area contributed by atoms with Gasteiger partial charge in [0.1, 0.15) is 5.82 Å². The van der Waals surface area contributed by atoms with Crippen LogP contribution in [0, 0.1) is 12.7 Å². The Kier molecular flexibility index (Phi) is 3.12. The fourth-order valence-electron chi connectivity index (χ4n) is 1.68. The van der Waals surface area contributed by atoms with Gasteiger partial charge in [-0.05, 0) is 37.5 Å². The lowest BCUT2D eigenvalue weighted by molar-refractivity contribution is 0.0949. The Morgan fingerprint density at radius 1 is 1.44 bits per heavy atom. The van der Waals surface area contributed by atoms with E-state index in [1.54, 1.807) is 0 Å². The molecule has 0 unspecified atom stereocenters. The van der Waals surface area contributed by atoms with Crippen LogP contribution >= 0.6 is 0 Å². The van der Waals surface area contributed by atoms with Crippen molar-refractivity contribution in [2.24, 2.45) is 5.14 Å². The molecule has 5 nitrogen and oxygen atoms in total. The maximum Gasteiger partial charge on any atom is 0.251 e. The molecule has 18 heavy (non-hydrogen) atoms. The van der Waals surface area contributed by atoms with Crippen LogP contribution in [-0.4, -0.2) is 20.4 Å². The van der Waals surface area contributed by atoms with E-state index in [-0.39, 0.29) is 22.1 Å². The molecule has 1 aromatic rings. The summed E-state index contributed by atoms with van der Waals surface area (Å²) in [6.07, 6.45) is 1.78. The van der Waals surface area contributed by atoms with Crippen molar-refractivity contribution in [3.8, 4) is 0 Å². The second-order valence-corrected chi connectivity index (χ2v) is 5.90. The molecular formula is C11H13FN2O3S. The lowest BCUT2D eigenvalue weighted by atomic mass is 10.1. The van der Waals surface area contributed by atoms with Gasteiger partial charge in [-0.15, -0.1) is 0 Å². The third kappa shape index (κ3) is 2.68. The summed E-state index contributed by atoms with van der Waals surface area (Å²) in [5, 5.41) is 7.66. The normalized spacial score (nSPS) is 15.5. The van der Waals surface area contributed by atoms with E-state index in [0.29, 0.717) is 0 Å². The van der Waals surface area contributed by atoms with Crippen LogP contribution in [0.5, 0.6) is 0 Å². The van der Waals surface area contributed by atoms with Crippen LogP contribution < -0.4 is 10.5 Å². The van der Waals surface area contributed by atoms with Gasteiger partial charge in [0, 0.05) is 11.6 Å². The number of sulfonamides is 1. The standard InChI is InChI=1S/C11H13FN2O3S/c1-6-9(11(15)14-8-2-3-8)4-7(12)5-10(6)18(13,16)17/h4-5,8H,2-3H2,1H3,(H,14,15)(H2,13,16,17). The first-order valence-electron chi connectivity index (χ1n) is 5.43. The molecule has 2 rings (SSSR count). The van der Waals surface area contributed by atoms with Crippen LogP contribution in [0.25, 0.3) is 0 Å².